The lowest BCUT2D eigenvalue weighted by Crippen LogP contribution is -2.41. The molecule has 1 fully saturated rings. The van der Waals surface area contributed by atoms with Crippen molar-refractivity contribution < 1.29 is 4.79 Å². The molecule has 1 aliphatic heterocycles. The van der Waals surface area contributed by atoms with Crippen LogP contribution in [0.1, 0.15) is 24.0 Å². The van der Waals surface area contributed by atoms with E-state index in [2.05, 4.69) is 36.3 Å². The van der Waals surface area contributed by atoms with Crippen LogP contribution < -0.4 is 5.32 Å². The van der Waals surface area contributed by atoms with Gasteiger partial charge in [0.25, 0.3) is 0 Å². The van der Waals surface area contributed by atoms with E-state index in [1.54, 1.807) is 0 Å². The molecule has 0 radical (unpaired) electrons. The van der Waals surface area contributed by atoms with E-state index in [9.17, 15) is 4.79 Å². The Hall–Kier alpha value is -1.35. The highest BCUT2D eigenvalue weighted by Gasteiger charge is 2.23. The van der Waals surface area contributed by atoms with Crippen LogP contribution in [-0.4, -0.2) is 30.9 Å². The van der Waals surface area contributed by atoms with Crippen LogP contribution in [0.15, 0.2) is 24.3 Å². The summed E-state index contributed by atoms with van der Waals surface area (Å²) in [6, 6.07) is 8.19. The van der Waals surface area contributed by atoms with E-state index in [1.165, 1.54) is 11.1 Å². The number of nitrogens with one attached hydrogen (secondary N) is 1. The lowest BCUT2D eigenvalue weighted by atomic mass is 9.97. The molecule has 1 heterocycles. The predicted octanol–water partition coefficient (Wildman–Crippen LogP) is 1.95. The van der Waals surface area contributed by atoms with Gasteiger partial charge in [0.15, 0.2) is 0 Å². The molecule has 3 nitrogen and oxygen atoms in total. The Kier molecular flexibility index (Phi) is 4.37. The molecule has 1 aromatic rings. The Morgan fingerprint density at radius 1 is 1.44 bits per heavy atom. The normalized spacial score (nSPS) is 20.7. The van der Waals surface area contributed by atoms with Crippen LogP contribution in [0, 0.1) is 12.8 Å². The summed E-state index contributed by atoms with van der Waals surface area (Å²) < 4.78 is 0. The van der Waals surface area contributed by atoms with E-state index >= 15 is 0 Å². The van der Waals surface area contributed by atoms with Gasteiger partial charge in [0.1, 0.15) is 0 Å². The molecule has 1 aromatic carbocycles. The van der Waals surface area contributed by atoms with Crippen molar-refractivity contribution in [1.29, 1.82) is 0 Å². The highest BCUT2D eigenvalue weighted by atomic mass is 16.1. The van der Waals surface area contributed by atoms with E-state index < -0.39 is 0 Å². The fourth-order valence-corrected chi connectivity index (χ4v) is 2.52. The molecule has 3 heteroatoms. The van der Waals surface area contributed by atoms with Crippen molar-refractivity contribution in [3.63, 3.8) is 0 Å². The number of hydrogen-bond donors (Lipinski definition) is 1. The van der Waals surface area contributed by atoms with Gasteiger partial charge in [0, 0.05) is 13.1 Å². The Morgan fingerprint density at radius 3 is 2.94 bits per heavy atom. The maximum Gasteiger partial charge on any atom is 0.224 e. The highest BCUT2D eigenvalue weighted by Crippen LogP contribution is 2.15. The van der Waals surface area contributed by atoms with E-state index in [-0.39, 0.29) is 11.8 Å². The van der Waals surface area contributed by atoms with Gasteiger partial charge in [-0.05, 0) is 44.5 Å². The molecule has 2 rings (SSSR count). The smallest absolute Gasteiger partial charge is 0.224 e. The fourth-order valence-electron chi connectivity index (χ4n) is 2.52. The summed E-state index contributed by atoms with van der Waals surface area (Å²) in [5.41, 5.74) is 2.44. The third-order valence-corrected chi connectivity index (χ3v) is 3.71. The molecule has 0 bridgehead atoms. The first-order valence-corrected chi connectivity index (χ1v) is 6.67. The van der Waals surface area contributed by atoms with Crippen LogP contribution in [0.3, 0.4) is 0 Å². The summed E-state index contributed by atoms with van der Waals surface area (Å²) in [5, 5.41) is 3.06. The summed E-state index contributed by atoms with van der Waals surface area (Å²) in [5.74, 6) is 0.359. The van der Waals surface area contributed by atoms with Crippen LogP contribution in [0.4, 0.5) is 0 Å². The van der Waals surface area contributed by atoms with Gasteiger partial charge < -0.3 is 10.2 Å². The molecule has 1 atom stereocenters. The predicted molar refractivity (Wildman–Crippen MR) is 73.2 cm³/mol. The fraction of sp³-hybridized carbons (Fsp3) is 0.533. The van der Waals surface area contributed by atoms with Crippen LogP contribution >= 0.6 is 0 Å². The maximum atomic E-state index is 12.1. The molecule has 98 valence electrons. The molecule has 0 aromatic heterocycles. The standard InChI is InChI=1S/C15H22N2O/c1-12-6-3-4-7-13(12)10-16-15(18)14-8-5-9-17(2)11-14/h3-4,6-7,14H,5,8-11H2,1-2H3,(H,16,18)/t14-/m1/s1. The molecule has 0 unspecified atom stereocenters. The number of amides is 1. The maximum absolute atomic E-state index is 12.1. The van der Waals surface area contributed by atoms with Gasteiger partial charge in [-0.2, -0.15) is 0 Å². The minimum atomic E-state index is 0.160. The molecule has 18 heavy (non-hydrogen) atoms. The summed E-state index contributed by atoms with van der Waals surface area (Å²) in [6.45, 7) is 4.72. The second kappa shape index (κ2) is 6.01. The van der Waals surface area contributed by atoms with Crippen LogP contribution in [0.25, 0.3) is 0 Å². The van der Waals surface area contributed by atoms with Crippen molar-refractivity contribution >= 4 is 5.91 Å². The topological polar surface area (TPSA) is 32.3 Å². The average molecular weight is 246 g/mol. The number of benzene rings is 1. The number of likely N-dealkylation sites (tertiary alicyclic amines) is 1. The Labute approximate surface area is 109 Å². The zero-order chi connectivity index (χ0) is 13.0. The Morgan fingerprint density at radius 2 is 2.22 bits per heavy atom. The zero-order valence-electron chi connectivity index (χ0n) is 11.3. The summed E-state index contributed by atoms with van der Waals surface area (Å²) in [6.07, 6.45) is 2.14. The van der Waals surface area contributed by atoms with Crippen LogP contribution in [0.2, 0.25) is 0 Å². The SMILES string of the molecule is Cc1ccccc1CNC(=O)[C@@H]1CCCN(C)C1. The third kappa shape index (κ3) is 3.33. The van der Waals surface area contributed by atoms with Crippen molar-refractivity contribution in [1.82, 2.24) is 10.2 Å². The number of aryl methyl sites for hydroxylation is 1. The molecule has 1 saturated heterocycles. The van der Waals surface area contributed by atoms with Gasteiger partial charge >= 0.3 is 0 Å². The lowest BCUT2D eigenvalue weighted by Gasteiger charge is -2.28. The van der Waals surface area contributed by atoms with Crippen molar-refractivity contribution in [2.24, 2.45) is 5.92 Å². The van der Waals surface area contributed by atoms with Crippen molar-refractivity contribution in [3.05, 3.63) is 35.4 Å². The van der Waals surface area contributed by atoms with Crippen molar-refractivity contribution in [2.75, 3.05) is 20.1 Å². The first-order valence-electron chi connectivity index (χ1n) is 6.67. The van der Waals surface area contributed by atoms with Gasteiger partial charge in [-0.1, -0.05) is 24.3 Å². The Bertz CT molecular complexity index is 417. The summed E-state index contributed by atoms with van der Waals surface area (Å²) in [4.78, 5) is 14.3. The van der Waals surface area contributed by atoms with Gasteiger partial charge in [-0.15, -0.1) is 0 Å². The molecule has 0 aliphatic carbocycles. The second-order valence-electron chi connectivity index (χ2n) is 5.25. The average Bonchev–Trinajstić information content (AvgIpc) is 2.37. The van der Waals surface area contributed by atoms with E-state index in [4.69, 9.17) is 0 Å². The number of rotatable bonds is 3. The van der Waals surface area contributed by atoms with Crippen molar-refractivity contribution in [2.45, 2.75) is 26.3 Å². The number of carbonyl (C=O) groups excluding carboxylic acids is 1. The second-order valence-corrected chi connectivity index (χ2v) is 5.25. The number of hydrogen-bond acceptors (Lipinski definition) is 2. The number of nitrogens with zero attached hydrogens (tertiary/aromatic N) is 1. The first-order chi connectivity index (χ1) is 8.66. The van der Waals surface area contributed by atoms with Gasteiger partial charge in [-0.3, -0.25) is 4.79 Å². The minimum Gasteiger partial charge on any atom is -0.352 e. The molecule has 0 spiro atoms. The highest BCUT2D eigenvalue weighted by molar-refractivity contribution is 5.79. The molecule has 1 aliphatic rings. The largest absolute Gasteiger partial charge is 0.352 e. The first kappa shape index (κ1) is 13.1. The lowest BCUT2D eigenvalue weighted by molar-refractivity contribution is -0.126. The third-order valence-electron chi connectivity index (χ3n) is 3.71. The van der Waals surface area contributed by atoms with Gasteiger partial charge in [0.05, 0.1) is 5.92 Å². The van der Waals surface area contributed by atoms with Crippen LogP contribution in [0.5, 0.6) is 0 Å². The summed E-state index contributed by atoms with van der Waals surface area (Å²) >= 11 is 0. The summed E-state index contributed by atoms with van der Waals surface area (Å²) in [7, 11) is 2.08. The molecule has 1 amide bonds. The molecule has 1 N–H and O–H groups in total. The van der Waals surface area contributed by atoms with E-state index in [1.807, 2.05) is 12.1 Å². The van der Waals surface area contributed by atoms with E-state index in [0.29, 0.717) is 6.54 Å². The molecular weight excluding hydrogens is 224 g/mol. The van der Waals surface area contributed by atoms with Gasteiger partial charge in [0.2, 0.25) is 5.91 Å². The van der Waals surface area contributed by atoms with Gasteiger partial charge in [-0.25, -0.2) is 0 Å². The number of carbonyl (C=O) groups is 1. The molecule has 0 saturated carbocycles. The molecular formula is C15H22N2O. The minimum absolute atomic E-state index is 0.160. The Balaban J connectivity index is 1.86. The van der Waals surface area contributed by atoms with Crippen LogP contribution in [-0.2, 0) is 11.3 Å². The number of piperidine rings is 1. The monoisotopic (exact) mass is 246 g/mol. The quantitative estimate of drug-likeness (QED) is 0.884. The van der Waals surface area contributed by atoms with Crippen molar-refractivity contribution in [3.8, 4) is 0 Å². The van der Waals surface area contributed by atoms with E-state index in [0.717, 1.165) is 25.9 Å². The zero-order valence-corrected chi connectivity index (χ0v) is 11.3.